The van der Waals surface area contributed by atoms with Crippen molar-refractivity contribution in [3.05, 3.63) is 71.1 Å². The second-order valence-corrected chi connectivity index (χ2v) is 8.28. The number of aryl methyl sites for hydroxylation is 1. The summed E-state index contributed by atoms with van der Waals surface area (Å²) in [5.74, 6) is 1.13. The average molecular weight is 439 g/mol. The lowest BCUT2D eigenvalue weighted by atomic mass is 10.1. The summed E-state index contributed by atoms with van der Waals surface area (Å²) < 4.78 is 5.32. The van der Waals surface area contributed by atoms with E-state index in [9.17, 15) is 4.79 Å². The molecule has 1 atom stereocenters. The zero-order chi connectivity index (χ0) is 21.5. The number of rotatable bonds is 9. The highest BCUT2D eigenvalue weighted by Gasteiger charge is 2.23. The van der Waals surface area contributed by atoms with Gasteiger partial charge in [-0.15, -0.1) is 0 Å². The molecule has 0 bridgehead atoms. The number of carbonyl (C=O) groups excluding carboxylic acids is 1. The van der Waals surface area contributed by atoms with Gasteiger partial charge in [-0.2, -0.15) is 4.98 Å². The first-order chi connectivity index (χ1) is 15.2. The monoisotopic (exact) mass is 438 g/mol. The molecule has 1 saturated heterocycles. The molecule has 0 radical (unpaired) electrons. The van der Waals surface area contributed by atoms with Gasteiger partial charge in [0.15, 0.2) is 0 Å². The van der Waals surface area contributed by atoms with E-state index in [0.717, 1.165) is 18.7 Å². The minimum atomic E-state index is 0.0533. The summed E-state index contributed by atoms with van der Waals surface area (Å²) in [6.45, 7) is 2.80. The van der Waals surface area contributed by atoms with E-state index in [1.807, 2.05) is 18.2 Å². The van der Waals surface area contributed by atoms with Gasteiger partial charge in [0.25, 0.3) is 0 Å². The van der Waals surface area contributed by atoms with Crippen LogP contribution in [-0.4, -0.2) is 40.6 Å². The Balaban J connectivity index is 1.25. The molecule has 1 amide bonds. The Morgan fingerprint density at radius 2 is 1.84 bits per heavy atom. The molecule has 1 N–H and O–H groups in total. The van der Waals surface area contributed by atoms with Crippen LogP contribution in [0.1, 0.15) is 43.2 Å². The maximum atomic E-state index is 12.4. The molecule has 1 aromatic heterocycles. The standard InChI is InChI=1S/C24H27ClN4O2/c25-20-13-11-19(12-14-20)24-27-23(31-28-24)10-6-9-22(30)26-17-21(29-15-4-5-16-29)18-7-2-1-3-8-18/h1-3,7-8,11-14,21H,4-6,9-10,15-17H2,(H,26,30). The minimum absolute atomic E-state index is 0.0533. The van der Waals surface area contributed by atoms with Crippen LogP contribution >= 0.6 is 11.6 Å². The molecule has 7 heteroatoms. The van der Waals surface area contributed by atoms with Gasteiger partial charge in [0.05, 0.1) is 6.04 Å². The van der Waals surface area contributed by atoms with Crippen molar-refractivity contribution in [3.63, 3.8) is 0 Å². The lowest BCUT2D eigenvalue weighted by molar-refractivity contribution is -0.121. The van der Waals surface area contributed by atoms with E-state index in [0.29, 0.717) is 42.5 Å². The van der Waals surface area contributed by atoms with Gasteiger partial charge in [-0.25, -0.2) is 0 Å². The van der Waals surface area contributed by atoms with Gasteiger partial charge in [-0.1, -0.05) is 47.1 Å². The van der Waals surface area contributed by atoms with Gasteiger partial charge in [-0.3, -0.25) is 9.69 Å². The highest BCUT2D eigenvalue weighted by molar-refractivity contribution is 6.30. The molecule has 1 unspecified atom stereocenters. The second kappa shape index (κ2) is 10.6. The van der Waals surface area contributed by atoms with Crippen molar-refractivity contribution in [2.45, 2.75) is 38.1 Å². The average Bonchev–Trinajstić information content (AvgIpc) is 3.48. The topological polar surface area (TPSA) is 71.3 Å². The lowest BCUT2D eigenvalue weighted by Crippen LogP contribution is -2.36. The van der Waals surface area contributed by atoms with Crippen LogP contribution in [0.2, 0.25) is 5.02 Å². The molecule has 162 valence electrons. The number of halogens is 1. The Morgan fingerprint density at radius 3 is 2.58 bits per heavy atom. The number of amides is 1. The third-order valence-electron chi connectivity index (χ3n) is 5.62. The highest BCUT2D eigenvalue weighted by Crippen LogP contribution is 2.24. The maximum Gasteiger partial charge on any atom is 0.226 e. The molecule has 0 saturated carbocycles. The van der Waals surface area contributed by atoms with Crippen molar-refractivity contribution >= 4 is 17.5 Å². The number of hydrogen-bond donors (Lipinski definition) is 1. The van der Waals surface area contributed by atoms with E-state index in [4.69, 9.17) is 16.1 Å². The summed E-state index contributed by atoms with van der Waals surface area (Å²) in [5, 5.41) is 7.80. The summed E-state index contributed by atoms with van der Waals surface area (Å²) in [5.41, 5.74) is 2.11. The molecular formula is C24H27ClN4O2. The van der Waals surface area contributed by atoms with E-state index >= 15 is 0 Å². The van der Waals surface area contributed by atoms with Gasteiger partial charge in [0.1, 0.15) is 0 Å². The number of hydrogen-bond acceptors (Lipinski definition) is 5. The molecule has 4 rings (SSSR count). The predicted octanol–water partition coefficient (Wildman–Crippen LogP) is 4.67. The lowest BCUT2D eigenvalue weighted by Gasteiger charge is -2.28. The minimum Gasteiger partial charge on any atom is -0.354 e. The summed E-state index contributed by atoms with van der Waals surface area (Å²) in [7, 11) is 0. The molecule has 1 aliphatic heterocycles. The summed E-state index contributed by atoms with van der Waals surface area (Å²) >= 11 is 5.91. The first-order valence-corrected chi connectivity index (χ1v) is 11.2. The van der Waals surface area contributed by atoms with Crippen LogP contribution in [0, 0.1) is 0 Å². The second-order valence-electron chi connectivity index (χ2n) is 7.85. The summed E-state index contributed by atoms with van der Waals surface area (Å²) in [4.78, 5) is 19.3. The molecule has 2 heterocycles. The normalized spacial score (nSPS) is 15.1. The quantitative estimate of drug-likeness (QED) is 0.525. The molecule has 1 fully saturated rings. The number of carbonyl (C=O) groups is 1. The Labute approximate surface area is 187 Å². The Kier molecular flexibility index (Phi) is 7.33. The van der Waals surface area contributed by atoms with Crippen molar-refractivity contribution in [1.29, 1.82) is 0 Å². The van der Waals surface area contributed by atoms with Crippen molar-refractivity contribution in [3.8, 4) is 11.4 Å². The fourth-order valence-corrected chi connectivity index (χ4v) is 4.08. The Hall–Kier alpha value is -2.70. The van der Waals surface area contributed by atoms with E-state index in [2.05, 4.69) is 44.6 Å². The van der Waals surface area contributed by atoms with Gasteiger partial charge in [0, 0.05) is 30.0 Å². The van der Waals surface area contributed by atoms with Crippen LogP contribution in [-0.2, 0) is 11.2 Å². The molecule has 2 aromatic carbocycles. The third kappa shape index (κ3) is 5.93. The highest BCUT2D eigenvalue weighted by atomic mass is 35.5. The third-order valence-corrected chi connectivity index (χ3v) is 5.88. The molecule has 31 heavy (non-hydrogen) atoms. The van der Waals surface area contributed by atoms with Crippen molar-refractivity contribution in [1.82, 2.24) is 20.4 Å². The number of nitrogens with zero attached hydrogens (tertiary/aromatic N) is 3. The summed E-state index contributed by atoms with van der Waals surface area (Å²) in [6.07, 6.45) is 4.11. The van der Waals surface area contributed by atoms with Crippen LogP contribution in [0.15, 0.2) is 59.1 Å². The number of benzene rings is 2. The SMILES string of the molecule is O=C(CCCc1nc(-c2ccc(Cl)cc2)no1)NCC(c1ccccc1)N1CCCC1. The maximum absolute atomic E-state index is 12.4. The van der Waals surface area contributed by atoms with Crippen molar-refractivity contribution in [2.75, 3.05) is 19.6 Å². The van der Waals surface area contributed by atoms with Gasteiger partial charge in [-0.05, 0) is 62.2 Å². The van der Waals surface area contributed by atoms with Crippen molar-refractivity contribution in [2.24, 2.45) is 0 Å². The molecule has 1 aliphatic rings. The number of aromatic nitrogens is 2. The van der Waals surface area contributed by atoms with Crippen molar-refractivity contribution < 1.29 is 9.32 Å². The summed E-state index contributed by atoms with van der Waals surface area (Å²) in [6, 6.07) is 18.0. The predicted molar refractivity (Wildman–Crippen MR) is 121 cm³/mol. The van der Waals surface area contributed by atoms with Crippen LogP contribution < -0.4 is 5.32 Å². The zero-order valence-corrected chi connectivity index (χ0v) is 18.2. The van der Waals surface area contributed by atoms with E-state index < -0.39 is 0 Å². The first-order valence-electron chi connectivity index (χ1n) is 10.8. The number of likely N-dealkylation sites (tertiary alicyclic amines) is 1. The molecule has 6 nitrogen and oxygen atoms in total. The van der Waals surface area contributed by atoms with Crippen LogP contribution in [0.25, 0.3) is 11.4 Å². The molecule has 0 aliphatic carbocycles. The fourth-order valence-electron chi connectivity index (χ4n) is 3.96. The Bertz CT molecular complexity index is 969. The number of nitrogens with one attached hydrogen (secondary N) is 1. The van der Waals surface area contributed by atoms with Gasteiger partial charge >= 0.3 is 0 Å². The molecule has 3 aromatic rings. The van der Waals surface area contributed by atoms with Crippen LogP contribution in [0.3, 0.4) is 0 Å². The van der Waals surface area contributed by atoms with Gasteiger partial charge < -0.3 is 9.84 Å². The molecule has 0 spiro atoms. The zero-order valence-electron chi connectivity index (χ0n) is 17.5. The van der Waals surface area contributed by atoms with E-state index in [1.165, 1.54) is 18.4 Å². The van der Waals surface area contributed by atoms with Gasteiger partial charge in [0.2, 0.25) is 17.6 Å². The first kappa shape index (κ1) is 21.5. The largest absolute Gasteiger partial charge is 0.354 e. The smallest absolute Gasteiger partial charge is 0.226 e. The van der Waals surface area contributed by atoms with Crippen LogP contribution in [0.5, 0.6) is 0 Å². The van der Waals surface area contributed by atoms with E-state index in [1.54, 1.807) is 12.1 Å². The van der Waals surface area contributed by atoms with E-state index in [-0.39, 0.29) is 11.9 Å². The fraction of sp³-hybridized carbons (Fsp3) is 0.375. The Morgan fingerprint density at radius 1 is 1.10 bits per heavy atom. The van der Waals surface area contributed by atoms with Crippen LogP contribution in [0.4, 0.5) is 0 Å². The molecular weight excluding hydrogens is 412 g/mol.